The van der Waals surface area contributed by atoms with Crippen molar-refractivity contribution in [1.82, 2.24) is 10.6 Å². The molecule has 0 atom stereocenters. The maximum Gasteiger partial charge on any atom is 0.331 e. The average Bonchev–Trinajstić information content (AvgIpc) is 2.82. The molecule has 0 saturated heterocycles. The van der Waals surface area contributed by atoms with Gasteiger partial charge >= 0.3 is 11.9 Å². The lowest BCUT2D eigenvalue weighted by atomic mass is 10.2. The van der Waals surface area contributed by atoms with Crippen molar-refractivity contribution >= 4 is 35.9 Å². The van der Waals surface area contributed by atoms with Crippen molar-refractivity contribution in [3.63, 3.8) is 0 Å². The normalized spacial score (nSPS) is 10.6. The van der Waals surface area contributed by atoms with Gasteiger partial charge in [0.15, 0.2) is 13.2 Å². The Kier molecular flexibility index (Phi) is 10.5. The molecule has 2 amide bonds. The van der Waals surface area contributed by atoms with E-state index in [0.29, 0.717) is 0 Å². The van der Waals surface area contributed by atoms with Gasteiger partial charge in [0.05, 0.1) is 0 Å². The van der Waals surface area contributed by atoms with Crippen molar-refractivity contribution in [2.24, 2.45) is 0 Å². The van der Waals surface area contributed by atoms with Gasteiger partial charge in [-0.1, -0.05) is 60.7 Å². The van der Waals surface area contributed by atoms with Crippen LogP contribution < -0.4 is 10.6 Å². The molecular formula is C24H24N2O6. The average molecular weight is 436 g/mol. The fraction of sp³-hybridized carbons (Fsp3) is 0.167. The van der Waals surface area contributed by atoms with E-state index >= 15 is 0 Å². The smallest absolute Gasteiger partial charge is 0.331 e. The van der Waals surface area contributed by atoms with Crippen molar-refractivity contribution in [3.8, 4) is 0 Å². The van der Waals surface area contributed by atoms with E-state index in [1.807, 2.05) is 60.7 Å². The van der Waals surface area contributed by atoms with Gasteiger partial charge in [-0.2, -0.15) is 0 Å². The third kappa shape index (κ3) is 10.5. The predicted molar refractivity (Wildman–Crippen MR) is 119 cm³/mol. The highest BCUT2D eigenvalue weighted by atomic mass is 16.5. The first kappa shape index (κ1) is 24.1. The fourth-order valence-corrected chi connectivity index (χ4v) is 2.33. The Labute approximate surface area is 185 Å². The molecule has 2 rings (SSSR count). The van der Waals surface area contributed by atoms with E-state index in [1.54, 1.807) is 12.2 Å². The van der Waals surface area contributed by atoms with Gasteiger partial charge in [-0.15, -0.1) is 0 Å². The minimum atomic E-state index is -0.638. The van der Waals surface area contributed by atoms with Crippen molar-refractivity contribution in [1.29, 1.82) is 0 Å². The molecule has 0 aliphatic rings. The van der Waals surface area contributed by atoms with Gasteiger partial charge in [-0.25, -0.2) is 9.59 Å². The van der Waals surface area contributed by atoms with Crippen LogP contribution in [-0.4, -0.2) is 50.1 Å². The zero-order valence-corrected chi connectivity index (χ0v) is 17.4. The van der Waals surface area contributed by atoms with Crippen LogP contribution in [0.25, 0.3) is 12.2 Å². The Morgan fingerprint density at radius 3 is 1.38 bits per heavy atom. The number of hydrogen-bond acceptors (Lipinski definition) is 6. The molecule has 0 radical (unpaired) electrons. The van der Waals surface area contributed by atoms with Gasteiger partial charge in [0.2, 0.25) is 0 Å². The van der Waals surface area contributed by atoms with E-state index in [2.05, 4.69) is 10.6 Å². The molecule has 166 valence electrons. The molecule has 0 bridgehead atoms. The first-order chi connectivity index (χ1) is 15.5. The summed E-state index contributed by atoms with van der Waals surface area (Å²) in [6.45, 7) is -0.609. The second-order valence-corrected chi connectivity index (χ2v) is 6.40. The zero-order chi connectivity index (χ0) is 23.0. The van der Waals surface area contributed by atoms with Gasteiger partial charge in [0, 0.05) is 25.2 Å². The molecule has 0 spiro atoms. The topological polar surface area (TPSA) is 111 Å². The van der Waals surface area contributed by atoms with Crippen LogP contribution in [0.2, 0.25) is 0 Å². The predicted octanol–water partition coefficient (Wildman–Crippen LogP) is 1.73. The first-order valence-electron chi connectivity index (χ1n) is 9.86. The van der Waals surface area contributed by atoms with Crippen molar-refractivity contribution in [3.05, 3.63) is 83.9 Å². The number of benzene rings is 2. The molecule has 0 heterocycles. The Bertz CT molecular complexity index is 875. The van der Waals surface area contributed by atoms with E-state index < -0.39 is 37.0 Å². The van der Waals surface area contributed by atoms with Gasteiger partial charge in [0.1, 0.15) is 0 Å². The summed E-state index contributed by atoms with van der Waals surface area (Å²) in [5, 5.41) is 4.99. The van der Waals surface area contributed by atoms with Crippen LogP contribution in [0.15, 0.2) is 72.8 Å². The highest BCUT2D eigenvalue weighted by Gasteiger charge is 2.07. The number of nitrogens with one attached hydrogen (secondary N) is 2. The van der Waals surface area contributed by atoms with Crippen LogP contribution in [0.3, 0.4) is 0 Å². The van der Waals surface area contributed by atoms with Crippen molar-refractivity contribution in [2.45, 2.75) is 0 Å². The molecule has 0 aliphatic heterocycles. The number of ether oxygens (including phenoxy) is 2. The van der Waals surface area contributed by atoms with Gasteiger partial charge < -0.3 is 20.1 Å². The zero-order valence-electron chi connectivity index (χ0n) is 17.4. The lowest BCUT2D eigenvalue weighted by molar-refractivity contribution is -0.144. The molecule has 0 fully saturated rings. The van der Waals surface area contributed by atoms with Gasteiger partial charge in [-0.05, 0) is 23.3 Å². The Hall–Kier alpha value is -4.20. The Balaban J connectivity index is 1.52. The van der Waals surface area contributed by atoms with Crippen LogP contribution in [0.4, 0.5) is 0 Å². The van der Waals surface area contributed by atoms with Crippen LogP contribution >= 0.6 is 0 Å². The van der Waals surface area contributed by atoms with E-state index in [-0.39, 0.29) is 13.1 Å². The maximum absolute atomic E-state index is 11.7. The van der Waals surface area contributed by atoms with Gasteiger partial charge in [0.25, 0.3) is 11.8 Å². The second-order valence-electron chi connectivity index (χ2n) is 6.40. The molecule has 0 aromatic heterocycles. The SMILES string of the molecule is O=C(COC(=O)/C=C/c1ccccc1)NCCNC(=O)COC(=O)/C=C/c1ccccc1. The summed E-state index contributed by atoms with van der Waals surface area (Å²) in [6.07, 6.45) is 5.64. The number of carbonyl (C=O) groups excluding carboxylic acids is 4. The Morgan fingerprint density at radius 1 is 0.625 bits per heavy atom. The van der Waals surface area contributed by atoms with Crippen molar-refractivity contribution < 1.29 is 28.7 Å². The summed E-state index contributed by atoms with van der Waals surface area (Å²) in [5.41, 5.74) is 1.67. The first-order valence-corrected chi connectivity index (χ1v) is 9.86. The third-order valence-electron chi connectivity index (χ3n) is 3.88. The number of rotatable bonds is 11. The molecule has 0 unspecified atom stereocenters. The van der Waals surface area contributed by atoms with Gasteiger partial charge in [-0.3, -0.25) is 9.59 Å². The van der Waals surface area contributed by atoms with E-state index in [9.17, 15) is 19.2 Å². The van der Waals surface area contributed by atoms with E-state index in [0.717, 1.165) is 11.1 Å². The molecule has 2 N–H and O–H groups in total. The lowest BCUT2D eigenvalue weighted by Crippen LogP contribution is -2.38. The number of esters is 2. The molecule has 8 nitrogen and oxygen atoms in total. The van der Waals surface area contributed by atoms with Crippen molar-refractivity contribution in [2.75, 3.05) is 26.3 Å². The second kappa shape index (κ2) is 13.9. The lowest BCUT2D eigenvalue weighted by Gasteiger charge is -2.07. The summed E-state index contributed by atoms with van der Waals surface area (Å²) in [5.74, 6) is -2.28. The monoisotopic (exact) mass is 436 g/mol. The number of carbonyl (C=O) groups is 4. The summed E-state index contributed by atoms with van der Waals surface area (Å²) < 4.78 is 9.67. The molecule has 8 heteroatoms. The molecule has 0 saturated carbocycles. The standard InChI is InChI=1S/C24H24N2O6/c27-21(17-31-23(29)13-11-19-7-3-1-4-8-19)25-15-16-26-22(28)18-32-24(30)14-12-20-9-5-2-6-10-20/h1-14H,15-18H2,(H,25,27)(H,26,28)/b13-11+,14-12+. The molecule has 2 aromatic carbocycles. The minimum Gasteiger partial charge on any atom is -0.452 e. The highest BCUT2D eigenvalue weighted by molar-refractivity contribution is 5.90. The van der Waals surface area contributed by atoms with E-state index in [1.165, 1.54) is 12.2 Å². The van der Waals surface area contributed by atoms with Crippen LogP contribution in [0.5, 0.6) is 0 Å². The maximum atomic E-state index is 11.7. The summed E-state index contributed by atoms with van der Waals surface area (Å²) in [4.78, 5) is 46.5. The number of hydrogen-bond donors (Lipinski definition) is 2. The highest BCUT2D eigenvalue weighted by Crippen LogP contribution is 2.01. The molecule has 0 aliphatic carbocycles. The number of amides is 2. The van der Waals surface area contributed by atoms with E-state index in [4.69, 9.17) is 9.47 Å². The summed E-state index contributed by atoms with van der Waals surface area (Å²) in [6, 6.07) is 18.4. The van der Waals surface area contributed by atoms with Crippen LogP contribution in [0, 0.1) is 0 Å². The largest absolute Gasteiger partial charge is 0.452 e. The fourth-order valence-electron chi connectivity index (χ4n) is 2.33. The molecule has 32 heavy (non-hydrogen) atoms. The molecule has 2 aromatic rings. The Morgan fingerprint density at radius 2 is 1.00 bits per heavy atom. The van der Waals surface area contributed by atoms with Crippen LogP contribution in [0.1, 0.15) is 11.1 Å². The quantitative estimate of drug-likeness (QED) is 0.315. The summed E-state index contributed by atoms with van der Waals surface area (Å²) in [7, 11) is 0. The third-order valence-corrected chi connectivity index (χ3v) is 3.88. The molecular weight excluding hydrogens is 412 g/mol. The minimum absolute atomic E-state index is 0.129. The van der Waals surface area contributed by atoms with Crippen LogP contribution in [-0.2, 0) is 28.7 Å². The summed E-state index contributed by atoms with van der Waals surface area (Å²) >= 11 is 0.